The molecule has 5 heteroatoms. The lowest BCUT2D eigenvalue weighted by Crippen LogP contribution is -2.16. The van der Waals surface area contributed by atoms with Crippen LogP contribution in [0.3, 0.4) is 0 Å². The van der Waals surface area contributed by atoms with Gasteiger partial charge in [0.15, 0.2) is 0 Å². The van der Waals surface area contributed by atoms with Crippen molar-refractivity contribution in [3.05, 3.63) is 83.1 Å². The first-order valence-electron chi connectivity index (χ1n) is 10.0. The average Bonchev–Trinajstić information content (AvgIpc) is 3.32. The molecule has 0 saturated heterocycles. The third-order valence-corrected chi connectivity index (χ3v) is 5.21. The second-order valence-corrected chi connectivity index (χ2v) is 7.36. The van der Waals surface area contributed by atoms with Gasteiger partial charge in [-0.05, 0) is 42.7 Å². The van der Waals surface area contributed by atoms with Crippen LogP contribution in [0.4, 0.5) is 0 Å². The number of rotatable bonds is 7. The van der Waals surface area contributed by atoms with Gasteiger partial charge in [0.1, 0.15) is 17.6 Å². The number of oxazole rings is 1. The van der Waals surface area contributed by atoms with Crippen molar-refractivity contribution in [1.82, 2.24) is 4.98 Å². The molecule has 0 spiro atoms. The summed E-state index contributed by atoms with van der Waals surface area (Å²) >= 11 is 0. The number of benzene rings is 2. The van der Waals surface area contributed by atoms with E-state index in [1.54, 1.807) is 13.1 Å². The van der Waals surface area contributed by atoms with Gasteiger partial charge in [-0.25, -0.2) is 4.98 Å². The highest BCUT2D eigenvalue weighted by atomic mass is 16.5. The highest BCUT2D eigenvalue weighted by molar-refractivity contribution is 5.71. The summed E-state index contributed by atoms with van der Waals surface area (Å²) in [4.78, 5) is 16.4. The number of aryl methyl sites for hydroxylation is 1. The number of hydrogen-bond acceptors (Lipinski definition) is 5. The largest absolute Gasteiger partial charge is 0.490 e. The Bertz CT molecular complexity index is 952. The topological polar surface area (TPSA) is 61.6 Å². The molecule has 0 fully saturated rings. The lowest BCUT2D eigenvalue weighted by Gasteiger charge is -2.16. The van der Waals surface area contributed by atoms with Gasteiger partial charge in [-0.3, -0.25) is 4.79 Å². The third-order valence-electron chi connectivity index (χ3n) is 5.21. The molecule has 0 amide bonds. The molecular formula is C24H25NO4. The van der Waals surface area contributed by atoms with Crippen LogP contribution < -0.4 is 4.74 Å². The van der Waals surface area contributed by atoms with Gasteiger partial charge in [-0.1, -0.05) is 36.4 Å². The van der Waals surface area contributed by atoms with Crippen molar-refractivity contribution in [3.63, 3.8) is 0 Å². The molecule has 1 heterocycles. The summed E-state index contributed by atoms with van der Waals surface area (Å²) in [5.41, 5.74) is 3.67. The number of ether oxygens (including phenoxy) is 2. The summed E-state index contributed by atoms with van der Waals surface area (Å²) in [6.45, 7) is 4.00. The maximum absolute atomic E-state index is 12.1. The first-order chi connectivity index (χ1) is 14.1. The third kappa shape index (κ3) is 4.50. The Morgan fingerprint density at radius 1 is 1.14 bits per heavy atom. The maximum Gasteiger partial charge on any atom is 0.306 e. The lowest BCUT2D eigenvalue weighted by atomic mass is 9.95. The molecule has 29 heavy (non-hydrogen) atoms. The van der Waals surface area contributed by atoms with Crippen molar-refractivity contribution in [3.8, 4) is 5.75 Å². The van der Waals surface area contributed by atoms with Gasteiger partial charge in [-0.2, -0.15) is 0 Å². The van der Waals surface area contributed by atoms with Gasteiger partial charge in [0, 0.05) is 12.8 Å². The molecule has 2 aromatic carbocycles. The van der Waals surface area contributed by atoms with Crippen LogP contribution in [0, 0.1) is 6.92 Å². The second-order valence-electron chi connectivity index (χ2n) is 7.36. The van der Waals surface area contributed by atoms with Crippen molar-refractivity contribution in [1.29, 1.82) is 0 Å². The molecule has 0 N–H and O–H groups in total. The lowest BCUT2D eigenvalue weighted by molar-refractivity contribution is -0.143. The Hall–Kier alpha value is -3.08. The molecule has 3 aromatic rings. The van der Waals surface area contributed by atoms with Crippen LogP contribution in [-0.2, 0) is 22.4 Å². The van der Waals surface area contributed by atoms with Gasteiger partial charge < -0.3 is 13.9 Å². The summed E-state index contributed by atoms with van der Waals surface area (Å²) in [5.74, 6) is 1.51. The van der Waals surface area contributed by atoms with E-state index in [4.69, 9.17) is 13.9 Å². The van der Waals surface area contributed by atoms with Gasteiger partial charge in [0.05, 0.1) is 25.1 Å². The predicted molar refractivity (Wildman–Crippen MR) is 109 cm³/mol. The van der Waals surface area contributed by atoms with Crippen molar-refractivity contribution in [2.45, 2.75) is 45.1 Å². The molecule has 0 saturated carbocycles. The first kappa shape index (κ1) is 19.2. The summed E-state index contributed by atoms with van der Waals surface area (Å²) < 4.78 is 17.0. The Kier molecular flexibility index (Phi) is 5.65. The smallest absolute Gasteiger partial charge is 0.306 e. The molecule has 0 radical (unpaired) electrons. The number of carbonyl (C=O) groups is 1. The Morgan fingerprint density at radius 2 is 1.83 bits per heavy atom. The van der Waals surface area contributed by atoms with E-state index in [1.165, 1.54) is 11.1 Å². The second kappa shape index (κ2) is 8.52. The van der Waals surface area contributed by atoms with Crippen molar-refractivity contribution >= 4 is 5.97 Å². The molecular weight excluding hydrogens is 366 g/mol. The number of aromatic nitrogens is 1. The maximum atomic E-state index is 12.1. The first-order valence-corrected chi connectivity index (χ1v) is 10.0. The summed E-state index contributed by atoms with van der Waals surface area (Å²) in [6, 6.07) is 16.3. The molecule has 1 unspecified atom stereocenters. The van der Waals surface area contributed by atoms with E-state index in [9.17, 15) is 4.79 Å². The minimum Gasteiger partial charge on any atom is -0.490 e. The van der Waals surface area contributed by atoms with Crippen molar-refractivity contribution < 1.29 is 18.7 Å². The molecule has 1 atom stereocenters. The molecule has 4 rings (SSSR count). The quantitative estimate of drug-likeness (QED) is 0.550. The highest BCUT2D eigenvalue weighted by Gasteiger charge is 2.25. The average molecular weight is 391 g/mol. The fourth-order valence-electron chi connectivity index (χ4n) is 3.84. The Morgan fingerprint density at radius 3 is 2.41 bits per heavy atom. The van der Waals surface area contributed by atoms with Gasteiger partial charge in [-0.15, -0.1) is 0 Å². The molecule has 1 aromatic heterocycles. The van der Waals surface area contributed by atoms with Crippen LogP contribution in [-0.4, -0.2) is 23.7 Å². The summed E-state index contributed by atoms with van der Waals surface area (Å²) in [7, 11) is 0. The molecule has 0 bridgehead atoms. The van der Waals surface area contributed by atoms with Gasteiger partial charge >= 0.3 is 5.97 Å². The van der Waals surface area contributed by atoms with E-state index in [0.29, 0.717) is 12.5 Å². The van der Waals surface area contributed by atoms with Crippen molar-refractivity contribution in [2.24, 2.45) is 0 Å². The van der Waals surface area contributed by atoms with Gasteiger partial charge in [0.25, 0.3) is 0 Å². The minimum absolute atomic E-state index is 0.156. The Balaban J connectivity index is 1.47. The number of hydrogen-bond donors (Lipinski definition) is 0. The predicted octanol–water partition coefficient (Wildman–Crippen LogP) is 4.61. The fraction of sp³-hybridized carbons (Fsp3) is 0.333. The van der Waals surface area contributed by atoms with E-state index >= 15 is 0 Å². The zero-order valence-electron chi connectivity index (χ0n) is 16.8. The zero-order chi connectivity index (χ0) is 20.2. The van der Waals surface area contributed by atoms with E-state index in [0.717, 1.165) is 29.9 Å². The standard InChI is InChI=1S/C24H25NO4/c1-3-27-23(26)14-22(24-25-15-16(2)28-24)17-8-10-20(11-9-17)29-21-12-18-6-4-5-7-19(18)13-21/h4-11,15,21-22H,3,12-14H2,1-2H3. The number of fused-ring (bicyclic) bond motifs is 1. The van der Waals surface area contributed by atoms with Crippen LogP contribution in [0.2, 0.25) is 0 Å². The minimum atomic E-state index is -0.285. The fourth-order valence-corrected chi connectivity index (χ4v) is 3.84. The molecule has 0 aliphatic heterocycles. The van der Waals surface area contributed by atoms with Crippen molar-refractivity contribution in [2.75, 3.05) is 6.61 Å². The van der Waals surface area contributed by atoms with Crippen LogP contribution in [0.5, 0.6) is 5.75 Å². The van der Waals surface area contributed by atoms with E-state index in [2.05, 4.69) is 29.2 Å². The van der Waals surface area contributed by atoms with Gasteiger partial charge in [0.2, 0.25) is 5.89 Å². The number of esters is 1. The SMILES string of the molecule is CCOC(=O)CC(c1ccc(OC2Cc3ccccc3C2)cc1)c1ncc(C)o1. The molecule has 150 valence electrons. The molecule has 1 aliphatic carbocycles. The van der Waals surface area contributed by atoms with E-state index < -0.39 is 0 Å². The summed E-state index contributed by atoms with van der Waals surface area (Å²) in [6.07, 6.45) is 3.87. The van der Waals surface area contributed by atoms with E-state index in [-0.39, 0.29) is 24.4 Å². The van der Waals surface area contributed by atoms with E-state index in [1.807, 2.05) is 31.2 Å². The molecule has 5 nitrogen and oxygen atoms in total. The zero-order valence-corrected chi connectivity index (χ0v) is 16.8. The van der Waals surface area contributed by atoms with Crippen LogP contribution >= 0.6 is 0 Å². The summed E-state index contributed by atoms with van der Waals surface area (Å²) in [5, 5.41) is 0. The monoisotopic (exact) mass is 391 g/mol. The van der Waals surface area contributed by atoms with Crippen LogP contribution in [0.25, 0.3) is 0 Å². The van der Waals surface area contributed by atoms with Crippen LogP contribution in [0.1, 0.15) is 47.6 Å². The normalized spacial score (nSPS) is 14.4. The molecule has 1 aliphatic rings. The highest BCUT2D eigenvalue weighted by Crippen LogP contribution is 2.31. The van der Waals surface area contributed by atoms with Crippen LogP contribution in [0.15, 0.2) is 59.1 Å². The number of carbonyl (C=O) groups excluding carboxylic acids is 1. The number of nitrogens with zero attached hydrogens (tertiary/aromatic N) is 1. The Labute approximate surface area is 170 Å².